The van der Waals surface area contributed by atoms with Gasteiger partial charge in [-0.3, -0.25) is 9.59 Å². The minimum atomic E-state index is -1.49. The van der Waals surface area contributed by atoms with Gasteiger partial charge in [-0.05, 0) is 31.2 Å². The summed E-state index contributed by atoms with van der Waals surface area (Å²) in [4.78, 5) is 63.7. The molecule has 5 atom stereocenters. The Bertz CT molecular complexity index is 931. The molecule has 1 heterocycles. The Labute approximate surface area is 211 Å². The topological polar surface area (TPSA) is 134 Å². The van der Waals surface area contributed by atoms with Crippen molar-refractivity contribution in [2.24, 2.45) is 11.8 Å². The highest BCUT2D eigenvalue weighted by Crippen LogP contribution is 2.20. The summed E-state index contributed by atoms with van der Waals surface area (Å²) >= 11 is 0. The fraction of sp³-hybridized carbons (Fsp3) is 0.577. The fourth-order valence-electron chi connectivity index (χ4n) is 3.52. The van der Waals surface area contributed by atoms with Crippen LogP contribution in [0.3, 0.4) is 0 Å². The van der Waals surface area contributed by atoms with Crippen molar-refractivity contribution in [1.29, 1.82) is 0 Å². The van der Waals surface area contributed by atoms with Crippen molar-refractivity contribution < 1.29 is 42.9 Å². The monoisotopic (exact) mass is 505 g/mol. The molecular weight excluding hydrogens is 470 g/mol. The van der Waals surface area contributed by atoms with Gasteiger partial charge < -0.3 is 24.3 Å². The van der Waals surface area contributed by atoms with E-state index in [1.165, 1.54) is 6.92 Å². The van der Waals surface area contributed by atoms with E-state index in [9.17, 15) is 24.0 Å². The lowest BCUT2D eigenvalue weighted by molar-refractivity contribution is -0.182. The van der Waals surface area contributed by atoms with Crippen LogP contribution in [0.15, 0.2) is 30.3 Å². The van der Waals surface area contributed by atoms with E-state index in [0.717, 1.165) is 5.56 Å². The number of carbonyl (C=O) groups excluding carboxylic acids is 5. The van der Waals surface area contributed by atoms with Crippen molar-refractivity contribution in [3.63, 3.8) is 0 Å². The number of amides is 1. The third-order valence-corrected chi connectivity index (χ3v) is 5.78. The lowest BCUT2D eigenvalue weighted by Crippen LogP contribution is -2.52. The van der Waals surface area contributed by atoms with Crippen LogP contribution in [0.5, 0.6) is 0 Å². The second-order valence-electron chi connectivity index (χ2n) is 9.32. The predicted octanol–water partition coefficient (Wildman–Crippen LogP) is 3.10. The van der Waals surface area contributed by atoms with Crippen molar-refractivity contribution >= 4 is 29.8 Å². The second kappa shape index (κ2) is 13.6. The molecule has 36 heavy (non-hydrogen) atoms. The summed E-state index contributed by atoms with van der Waals surface area (Å²) in [6, 6.07) is 7.40. The number of carbonyl (C=O) groups is 5. The van der Waals surface area contributed by atoms with Gasteiger partial charge in [0.15, 0.2) is 17.9 Å². The molecule has 1 fully saturated rings. The standard InChI is InChI=1S/C26H35NO9/c1-6-16(4)23-25(31)35-20(12-15(2)3)19(28)13-21(29)34-17(5)22(24(30)36-23)27-26(32)33-14-18-10-8-7-9-11-18/h7-11,15-17,20,22-23H,6,12-14H2,1-5H3,(H,27,32)/t16-,17+,20-,22-,23-/m0/s1. The lowest BCUT2D eigenvalue weighted by atomic mass is 9.99. The Balaban J connectivity index is 2.26. The van der Waals surface area contributed by atoms with E-state index in [2.05, 4.69) is 5.32 Å². The van der Waals surface area contributed by atoms with Crippen LogP contribution in [0.25, 0.3) is 0 Å². The van der Waals surface area contributed by atoms with Gasteiger partial charge in [0, 0.05) is 5.92 Å². The molecule has 2 rings (SSSR count). The Kier molecular flexibility index (Phi) is 10.9. The van der Waals surface area contributed by atoms with E-state index in [-0.39, 0.29) is 18.9 Å². The number of nitrogens with one attached hydrogen (secondary N) is 1. The molecule has 1 aliphatic heterocycles. The van der Waals surface area contributed by atoms with Gasteiger partial charge >= 0.3 is 24.0 Å². The summed E-state index contributed by atoms with van der Waals surface area (Å²) in [6.45, 7) is 8.51. The average Bonchev–Trinajstić information content (AvgIpc) is 2.82. The first-order valence-corrected chi connectivity index (χ1v) is 12.1. The molecule has 1 N–H and O–H groups in total. The summed E-state index contributed by atoms with van der Waals surface area (Å²) in [5, 5.41) is 2.35. The molecule has 1 amide bonds. The van der Waals surface area contributed by atoms with Crippen molar-refractivity contribution in [2.75, 3.05) is 0 Å². The molecule has 0 bridgehead atoms. The molecule has 0 radical (unpaired) electrons. The molecule has 0 aliphatic carbocycles. The van der Waals surface area contributed by atoms with Crippen LogP contribution in [-0.2, 0) is 44.7 Å². The highest BCUT2D eigenvalue weighted by Gasteiger charge is 2.40. The van der Waals surface area contributed by atoms with Crippen molar-refractivity contribution in [2.45, 2.75) is 84.8 Å². The van der Waals surface area contributed by atoms with Gasteiger partial charge in [-0.1, -0.05) is 58.0 Å². The van der Waals surface area contributed by atoms with E-state index in [1.54, 1.807) is 38.1 Å². The third kappa shape index (κ3) is 8.66. The predicted molar refractivity (Wildman–Crippen MR) is 127 cm³/mol. The largest absolute Gasteiger partial charge is 0.459 e. The molecule has 0 saturated carbocycles. The number of esters is 3. The van der Waals surface area contributed by atoms with Crippen LogP contribution < -0.4 is 5.32 Å². The van der Waals surface area contributed by atoms with E-state index in [4.69, 9.17) is 18.9 Å². The van der Waals surface area contributed by atoms with E-state index in [1.807, 2.05) is 19.9 Å². The summed E-state index contributed by atoms with van der Waals surface area (Å²) in [5.41, 5.74) is 0.724. The summed E-state index contributed by atoms with van der Waals surface area (Å²) < 4.78 is 21.3. The van der Waals surface area contributed by atoms with Crippen LogP contribution in [0.4, 0.5) is 4.79 Å². The first-order valence-electron chi connectivity index (χ1n) is 12.1. The number of rotatable bonds is 7. The zero-order valence-corrected chi connectivity index (χ0v) is 21.4. The van der Waals surface area contributed by atoms with Crippen molar-refractivity contribution in [1.82, 2.24) is 5.32 Å². The van der Waals surface area contributed by atoms with Crippen LogP contribution in [-0.4, -0.2) is 54.1 Å². The quantitative estimate of drug-likeness (QED) is 0.337. The van der Waals surface area contributed by atoms with Gasteiger partial charge in [0.1, 0.15) is 19.1 Å². The maximum Gasteiger partial charge on any atom is 0.408 e. The van der Waals surface area contributed by atoms with Gasteiger partial charge in [-0.25, -0.2) is 14.4 Å². The molecule has 1 aromatic rings. The van der Waals surface area contributed by atoms with Crippen molar-refractivity contribution in [3.05, 3.63) is 35.9 Å². The molecule has 198 valence electrons. The first kappa shape index (κ1) is 28.8. The van der Waals surface area contributed by atoms with Gasteiger partial charge in [-0.2, -0.15) is 0 Å². The Morgan fingerprint density at radius 2 is 1.69 bits per heavy atom. The average molecular weight is 506 g/mol. The number of Topliss-reactive ketones (excluding diaryl/α,β-unsaturated/α-hetero) is 1. The summed E-state index contributed by atoms with van der Waals surface area (Å²) in [7, 11) is 0. The summed E-state index contributed by atoms with van der Waals surface area (Å²) in [5.74, 6) is -3.87. The van der Waals surface area contributed by atoms with Crippen LogP contribution in [0, 0.1) is 11.8 Å². The number of ketones is 1. The Hall–Kier alpha value is -3.43. The number of benzene rings is 1. The summed E-state index contributed by atoms with van der Waals surface area (Å²) in [6.07, 6.45) is -4.64. The Morgan fingerprint density at radius 1 is 1.03 bits per heavy atom. The molecule has 0 aromatic heterocycles. The first-order chi connectivity index (χ1) is 17.0. The Morgan fingerprint density at radius 3 is 2.31 bits per heavy atom. The maximum atomic E-state index is 13.1. The number of ether oxygens (including phenoxy) is 4. The fourth-order valence-corrected chi connectivity index (χ4v) is 3.52. The van der Waals surface area contributed by atoms with E-state index < -0.39 is 66.5 Å². The molecule has 1 saturated heterocycles. The van der Waals surface area contributed by atoms with Gasteiger partial charge in [0.05, 0.1) is 0 Å². The minimum absolute atomic E-state index is 0.00493. The molecule has 0 unspecified atom stereocenters. The molecule has 1 aromatic carbocycles. The maximum absolute atomic E-state index is 13.1. The zero-order chi connectivity index (χ0) is 26.8. The second-order valence-corrected chi connectivity index (χ2v) is 9.32. The zero-order valence-electron chi connectivity index (χ0n) is 21.4. The molecular formula is C26H35NO9. The van der Waals surface area contributed by atoms with Crippen molar-refractivity contribution in [3.8, 4) is 0 Å². The van der Waals surface area contributed by atoms with Gasteiger partial charge in [0.25, 0.3) is 0 Å². The number of hydrogen-bond acceptors (Lipinski definition) is 9. The van der Waals surface area contributed by atoms with Crippen LogP contribution >= 0.6 is 0 Å². The molecule has 0 spiro atoms. The van der Waals surface area contributed by atoms with Gasteiger partial charge in [0.2, 0.25) is 6.10 Å². The molecule has 10 nitrogen and oxygen atoms in total. The van der Waals surface area contributed by atoms with Gasteiger partial charge in [-0.15, -0.1) is 0 Å². The SMILES string of the molecule is CC[C@H](C)[C@@H]1OC(=O)[C@@H](NC(=O)OCc2ccccc2)[C@@H](C)OC(=O)CC(=O)[C@H](CC(C)C)OC1=O. The van der Waals surface area contributed by atoms with Crippen LogP contribution in [0.2, 0.25) is 0 Å². The van der Waals surface area contributed by atoms with Crippen LogP contribution in [0.1, 0.15) is 59.4 Å². The smallest absolute Gasteiger partial charge is 0.408 e. The molecule has 1 aliphatic rings. The number of cyclic esters (lactones) is 3. The highest BCUT2D eigenvalue weighted by atomic mass is 16.6. The third-order valence-electron chi connectivity index (χ3n) is 5.78. The number of hydrogen-bond donors (Lipinski definition) is 1. The van der Waals surface area contributed by atoms with E-state index >= 15 is 0 Å². The highest BCUT2D eigenvalue weighted by molar-refractivity contribution is 5.99. The molecule has 10 heteroatoms. The lowest BCUT2D eigenvalue weighted by Gasteiger charge is -2.29. The normalized spacial score (nSPS) is 24.5. The minimum Gasteiger partial charge on any atom is -0.459 e. The number of alkyl carbamates (subject to hydrolysis) is 1. The van der Waals surface area contributed by atoms with E-state index in [0.29, 0.717) is 6.42 Å².